The zero-order valence-electron chi connectivity index (χ0n) is 17.5. The quantitative estimate of drug-likeness (QED) is 0.345. The number of phenolic OH excluding ortho intramolecular Hbond substituents is 1. The number of carbonyl (C=O) groups is 1. The van der Waals surface area contributed by atoms with E-state index in [0.717, 1.165) is 0 Å². The highest BCUT2D eigenvalue weighted by atomic mass is 35.5. The van der Waals surface area contributed by atoms with Gasteiger partial charge in [-0.3, -0.25) is 4.79 Å². The molecule has 32 heavy (non-hydrogen) atoms. The minimum Gasteiger partial charge on any atom is -0.504 e. The molecule has 170 valence electrons. The molecule has 1 aliphatic heterocycles. The summed E-state index contributed by atoms with van der Waals surface area (Å²) in [5.74, 6) is -0.232. The van der Waals surface area contributed by atoms with Crippen molar-refractivity contribution in [2.45, 2.75) is 30.2 Å². The van der Waals surface area contributed by atoms with Gasteiger partial charge in [-0.15, -0.1) is 6.58 Å². The minimum absolute atomic E-state index is 0.0163. The van der Waals surface area contributed by atoms with Crippen molar-refractivity contribution >= 4 is 33.7 Å². The lowest BCUT2D eigenvalue weighted by molar-refractivity contribution is -0.124. The van der Waals surface area contributed by atoms with Crippen LogP contribution in [0.4, 0.5) is 0 Å². The molecule has 0 aliphatic carbocycles. The van der Waals surface area contributed by atoms with Gasteiger partial charge in [0.15, 0.2) is 11.5 Å². The van der Waals surface area contributed by atoms with Gasteiger partial charge in [0.05, 0.1) is 18.2 Å². The van der Waals surface area contributed by atoms with E-state index in [2.05, 4.69) is 17.1 Å². The molecule has 10 heteroatoms. The predicted molar refractivity (Wildman–Crippen MR) is 123 cm³/mol. The van der Waals surface area contributed by atoms with Crippen molar-refractivity contribution < 1.29 is 23.1 Å². The minimum atomic E-state index is -3.84. The number of carbonyl (C=O) groups excluding carboxylic acids is 1. The van der Waals surface area contributed by atoms with Crippen LogP contribution in [0.25, 0.3) is 0 Å². The van der Waals surface area contributed by atoms with Crippen molar-refractivity contribution in [1.29, 1.82) is 0 Å². The second-order valence-corrected chi connectivity index (χ2v) is 9.51. The maximum atomic E-state index is 13.0. The van der Waals surface area contributed by atoms with Gasteiger partial charge in [0.1, 0.15) is 6.04 Å². The monoisotopic (exact) mass is 477 g/mol. The molecule has 0 unspecified atom stereocenters. The van der Waals surface area contributed by atoms with Crippen LogP contribution >= 0.6 is 11.6 Å². The topological polar surface area (TPSA) is 108 Å². The first-order valence-corrected chi connectivity index (χ1v) is 11.7. The van der Waals surface area contributed by atoms with Crippen LogP contribution < -0.4 is 10.2 Å². The van der Waals surface area contributed by atoms with Gasteiger partial charge in [0.25, 0.3) is 5.91 Å². The van der Waals surface area contributed by atoms with Crippen LogP contribution in [0.15, 0.2) is 59.1 Å². The smallest absolute Gasteiger partial charge is 0.258 e. The van der Waals surface area contributed by atoms with Crippen molar-refractivity contribution in [1.82, 2.24) is 9.73 Å². The highest BCUT2D eigenvalue weighted by Crippen LogP contribution is 2.31. The van der Waals surface area contributed by atoms with Crippen LogP contribution in [0.2, 0.25) is 5.02 Å². The Bertz CT molecular complexity index is 1130. The number of methoxy groups -OCH3 is 1. The fourth-order valence-corrected chi connectivity index (χ4v) is 5.29. The second kappa shape index (κ2) is 10.2. The van der Waals surface area contributed by atoms with E-state index in [1.807, 2.05) is 0 Å². The number of hydrogen-bond acceptors (Lipinski definition) is 6. The number of phenols is 1. The maximum absolute atomic E-state index is 13.0. The summed E-state index contributed by atoms with van der Waals surface area (Å²) < 4.78 is 32.3. The number of aromatic hydroxyl groups is 1. The van der Waals surface area contributed by atoms with Crippen LogP contribution in [-0.4, -0.2) is 49.6 Å². The van der Waals surface area contributed by atoms with Gasteiger partial charge in [-0.2, -0.15) is 9.41 Å². The molecule has 0 saturated carbocycles. The highest BCUT2D eigenvalue weighted by molar-refractivity contribution is 7.89. The Hall–Kier alpha value is -2.88. The van der Waals surface area contributed by atoms with Crippen molar-refractivity contribution in [2.24, 2.45) is 5.10 Å². The molecule has 1 heterocycles. The first-order chi connectivity index (χ1) is 15.3. The van der Waals surface area contributed by atoms with E-state index in [9.17, 15) is 18.3 Å². The molecular formula is C22H24ClN3O5S. The van der Waals surface area contributed by atoms with E-state index in [1.165, 1.54) is 41.9 Å². The van der Waals surface area contributed by atoms with E-state index in [1.54, 1.807) is 18.2 Å². The van der Waals surface area contributed by atoms with Crippen LogP contribution in [0.1, 0.15) is 24.0 Å². The van der Waals surface area contributed by atoms with Gasteiger partial charge in [0, 0.05) is 17.1 Å². The summed E-state index contributed by atoms with van der Waals surface area (Å²) in [6, 6.07) is 8.24. The van der Waals surface area contributed by atoms with Gasteiger partial charge >= 0.3 is 0 Å². The number of amides is 1. The molecule has 3 rings (SSSR count). The van der Waals surface area contributed by atoms with Crippen molar-refractivity contribution in [3.63, 3.8) is 0 Å². The molecule has 2 aromatic rings. The summed E-state index contributed by atoms with van der Waals surface area (Å²) in [6.07, 6.45) is 4.43. The molecule has 0 radical (unpaired) electrons. The standard InChI is InChI=1S/C22H24ClN3O5S/c1-3-5-16-12-15(13-20(31-2)21(16)27)14-24-25-22(28)19-6-4-11-26(19)32(29,30)18-9-7-17(23)8-10-18/h3,7-10,12-14,19,27H,1,4-6,11H2,2H3,(H,25,28)/b24-14-/t19-/m0/s1. The van der Waals surface area contributed by atoms with Gasteiger partial charge < -0.3 is 9.84 Å². The SMILES string of the molecule is C=CCc1cc(/C=N\NC(=O)[C@@H]2CCCN2S(=O)(=O)c2ccc(Cl)cc2)cc(OC)c1O. The predicted octanol–water partition coefficient (Wildman–Crippen LogP) is 3.09. The van der Waals surface area contributed by atoms with Gasteiger partial charge in [-0.25, -0.2) is 13.8 Å². The van der Waals surface area contributed by atoms with E-state index >= 15 is 0 Å². The Morgan fingerprint density at radius 3 is 2.75 bits per heavy atom. The molecule has 1 amide bonds. The molecule has 0 spiro atoms. The number of sulfonamides is 1. The summed E-state index contributed by atoms with van der Waals surface area (Å²) in [5.41, 5.74) is 3.61. The fourth-order valence-electron chi connectivity index (χ4n) is 3.51. The third-order valence-corrected chi connectivity index (χ3v) is 7.25. The first kappa shape index (κ1) is 23.8. The second-order valence-electron chi connectivity index (χ2n) is 7.19. The van der Waals surface area contributed by atoms with E-state index < -0.39 is 22.0 Å². The zero-order chi connectivity index (χ0) is 23.3. The lowest BCUT2D eigenvalue weighted by Gasteiger charge is -2.22. The summed E-state index contributed by atoms with van der Waals surface area (Å²) >= 11 is 5.85. The lowest BCUT2D eigenvalue weighted by Crippen LogP contribution is -2.44. The molecule has 1 saturated heterocycles. The average Bonchev–Trinajstić information content (AvgIpc) is 3.27. The van der Waals surface area contributed by atoms with E-state index in [4.69, 9.17) is 16.3 Å². The normalized spacial score (nSPS) is 16.9. The highest BCUT2D eigenvalue weighted by Gasteiger charge is 2.39. The third-order valence-electron chi connectivity index (χ3n) is 5.08. The number of ether oxygens (including phenoxy) is 1. The van der Waals surface area contributed by atoms with Crippen LogP contribution in [-0.2, 0) is 21.2 Å². The van der Waals surface area contributed by atoms with Gasteiger partial charge in [-0.1, -0.05) is 17.7 Å². The summed E-state index contributed by atoms with van der Waals surface area (Å²) in [7, 11) is -2.41. The number of benzene rings is 2. The van der Waals surface area contributed by atoms with Crippen molar-refractivity contribution in [2.75, 3.05) is 13.7 Å². The van der Waals surface area contributed by atoms with E-state index in [0.29, 0.717) is 35.4 Å². The van der Waals surface area contributed by atoms with Gasteiger partial charge in [0.2, 0.25) is 10.0 Å². The molecule has 0 bridgehead atoms. The lowest BCUT2D eigenvalue weighted by atomic mass is 10.1. The molecule has 8 nitrogen and oxygen atoms in total. The maximum Gasteiger partial charge on any atom is 0.258 e. The molecule has 1 atom stereocenters. The number of nitrogens with one attached hydrogen (secondary N) is 1. The first-order valence-electron chi connectivity index (χ1n) is 9.89. The Morgan fingerprint density at radius 1 is 1.38 bits per heavy atom. The number of allylic oxidation sites excluding steroid dienone is 1. The van der Waals surface area contributed by atoms with Crippen LogP contribution in [0.3, 0.4) is 0 Å². The van der Waals surface area contributed by atoms with Crippen molar-refractivity contribution in [3.05, 3.63) is 65.2 Å². The Labute approximate surface area is 192 Å². The number of hydrazone groups is 1. The van der Waals surface area contributed by atoms with Crippen molar-refractivity contribution in [3.8, 4) is 11.5 Å². The molecule has 1 fully saturated rings. The number of halogens is 1. The molecule has 0 aromatic heterocycles. The third kappa shape index (κ3) is 5.12. The van der Waals surface area contributed by atoms with Gasteiger partial charge in [-0.05, 0) is 61.2 Å². The summed E-state index contributed by atoms with van der Waals surface area (Å²) in [5, 5.41) is 14.6. The molecule has 2 aromatic carbocycles. The number of hydrogen-bond donors (Lipinski definition) is 2. The zero-order valence-corrected chi connectivity index (χ0v) is 19.1. The van der Waals surface area contributed by atoms with Crippen LogP contribution in [0.5, 0.6) is 11.5 Å². The molecule has 1 aliphatic rings. The Balaban J connectivity index is 1.74. The fraction of sp³-hybridized carbons (Fsp3) is 0.273. The number of rotatable bonds is 8. The Morgan fingerprint density at radius 2 is 2.09 bits per heavy atom. The average molecular weight is 478 g/mol. The Kier molecular flexibility index (Phi) is 7.55. The number of nitrogens with zero attached hydrogens (tertiary/aromatic N) is 2. The molecule has 2 N–H and O–H groups in total. The van der Waals surface area contributed by atoms with Crippen LogP contribution in [0, 0.1) is 0 Å². The van der Waals surface area contributed by atoms with E-state index in [-0.39, 0.29) is 22.9 Å². The molecular weight excluding hydrogens is 454 g/mol. The summed E-state index contributed by atoms with van der Waals surface area (Å²) in [6.45, 7) is 3.90. The largest absolute Gasteiger partial charge is 0.504 e. The summed E-state index contributed by atoms with van der Waals surface area (Å²) in [4.78, 5) is 12.8.